The molecule has 0 spiro atoms. The van der Waals surface area contributed by atoms with Crippen LogP contribution < -0.4 is 5.32 Å². The summed E-state index contributed by atoms with van der Waals surface area (Å²) in [7, 11) is 1.87. The van der Waals surface area contributed by atoms with Gasteiger partial charge in [0.15, 0.2) is 0 Å². The van der Waals surface area contributed by atoms with Gasteiger partial charge in [-0.3, -0.25) is 4.79 Å². The van der Waals surface area contributed by atoms with E-state index in [0.29, 0.717) is 5.91 Å². The van der Waals surface area contributed by atoms with Crippen LogP contribution in [0.25, 0.3) is 0 Å². The lowest BCUT2D eigenvalue weighted by Gasteiger charge is -2.29. The van der Waals surface area contributed by atoms with E-state index >= 15 is 0 Å². The van der Waals surface area contributed by atoms with Crippen molar-refractivity contribution in [2.45, 2.75) is 37.1 Å². The number of nitrogens with one attached hydrogen (secondary N) is 1. The Morgan fingerprint density at radius 1 is 1.25 bits per heavy atom. The summed E-state index contributed by atoms with van der Waals surface area (Å²) in [5.41, 5.74) is 2.08. The molecule has 4 nitrogen and oxygen atoms in total. The minimum absolute atomic E-state index is 0.175. The molecular formula is C20H23N3O. The third-order valence-corrected chi connectivity index (χ3v) is 5.42. The monoisotopic (exact) mass is 321 g/mol. The number of nitrogens with zero attached hydrogens (tertiary/aromatic N) is 2. The van der Waals surface area contributed by atoms with Crippen LogP contribution in [0.1, 0.15) is 42.9 Å². The van der Waals surface area contributed by atoms with Gasteiger partial charge in [-0.2, -0.15) is 0 Å². The fourth-order valence-electron chi connectivity index (χ4n) is 3.93. The number of hydrogen-bond acceptors (Lipinski definition) is 3. The quantitative estimate of drug-likeness (QED) is 0.937. The van der Waals surface area contributed by atoms with E-state index in [0.717, 1.165) is 38.0 Å². The zero-order valence-electron chi connectivity index (χ0n) is 14.0. The molecule has 24 heavy (non-hydrogen) atoms. The molecule has 1 atom stereocenters. The molecule has 2 fully saturated rings. The van der Waals surface area contributed by atoms with Crippen LogP contribution in [0, 0.1) is 0 Å². The largest absolute Gasteiger partial charge is 0.373 e. The summed E-state index contributed by atoms with van der Waals surface area (Å²) in [5, 5.41) is 3.09. The number of likely N-dealkylation sites (tertiary alicyclic amines) is 1. The zero-order chi connectivity index (χ0) is 16.6. The third kappa shape index (κ3) is 2.46. The highest BCUT2D eigenvalue weighted by Crippen LogP contribution is 2.51. The number of rotatable bonds is 4. The number of benzene rings is 1. The number of aromatic nitrogens is 1. The molecule has 1 aromatic carbocycles. The number of hydrogen-bond donors (Lipinski definition) is 1. The minimum atomic E-state index is -0.275. The first-order valence-corrected chi connectivity index (χ1v) is 8.75. The van der Waals surface area contributed by atoms with Crippen LogP contribution in [0.2, 0.25) is 0 Å². The highest BCUT2D eigenvalue weighted by Gasteiger charge is 2.54. The van der Waals surface area contributed by atoms with Gasteiger partial charge in [0.25, 0.3) is 0 Å². The van der Waals surface area contributed by atoms with E-state index in [4.69, 9.17) is 0 Å². The maximum atomic E-state index is 13.4. The van der Waals surface area contributed by atoms with E-state index < -0.39 is 0 Å². The molecule has 2 heterocycles. The van der Waals surface area contributed by atoms with Crippen molar-refractivity contribution in [2.75, 3.05) is 18.9 Å². The van der Waals surface area contributed by atoms with Crippen molar-refractivity contribution in [2.24, 2.45) is 0 Å². The summed E-state index contributed by atoms with van der Waals surface area (Å²) >= 11 is 0. The lowest BCUT2D eigenvalue weighted by atomic mass is 9.93. The van der Waals surface area contributed by atoms with Gasteiger partial charge in [-0.1, -0.05) is 30.3 Å². The molecule has 1 saturated heterocycles. The van der Waals surface area contributed by atoms with Crippen LogP contribution in [-0.4, -0.2) is 29.4 Å². The minimum Gasteiger partial charge on any atom is -0.373 e. The number of carbonyl (C=O) groups excluding carboxylic acids is 1. The van der Waals surface area contributed by atoms with E-state index in [1.807, 2.05) is 37.5 Å². The molecular weight excluding hydrogens is 298 g/mol. The first kappa shape index (κ1) is 15.2. The average molecular weight is 321 g/mol. The molecule has 4 rings (SSSR count). The lowest BCUT2D eigenvalue weighted by molar-refractivity contribution is -0.135. The van der Waals surface area contributed by atoms with Crippen LogP contribution >= 0.6 is 0 Å². The SMILES string of the molecule is CNc1cc([C@H]2CCCN2C(=O)C2(c3ccccc3)CC2)ccn1. The number of amides is 1. The number of pyridine rings is 1. The molecule has 1 aliphatic heterocycles. The van der Waals surface area contributed by atoms with Crippen LogP contribution in [0.3, 0.4) is 0 Å². The van der Waals surface area contributed by atoms with Crippen molar-refractivity contribution < 1.29 is 4.79 Å². The second kappa shape index (κ2) is 5.93. The third-order valence-electron chi connectivity index (χ3n) is 5.42. The number of anilines is 1. The van der Waals surface area contributed by atoms with Gasteiger partial charge in [-0.05, 0) is 48.9 Å². The van der Waals surface area contributed by atoms with E-state index in [2.05, 4.69) is 33.4 Å². The Hall–Kier alpha value is -2.36. The maximum Gasteiger partial charge on any atom is 0.233 e. The summed E-state index contributed by atoms with van der Waals surface area (Å²) in [6, 6.07) is 14.6. The Bertz CT molecular complexity index is 740. The molecule has 0 radical (unpaired) electrons. The van der Waals surface area contributed by atoms with Gasteiger partial charge in [-0.25, -0.2) is 4.98 Å². The molecule has 4 heteroatoms. The maximum absolute atomic E-state index is 13.4. The number of carbonyl (C=O) groups is 1. The molecule has 2 aliphatic rings. The fourth-order valence-corrected chi connectivity index (χ4v) is 3.93. The summed E-state index contributed by atoms with van der Waals surface area (Å²) in [6.07, 6.45) is 5.86. The Morgan fingerprint density at radius 2 is 2.04 bits per heavy atom. The molecule has 124 valence electrons. The zero-order valence-corrected chi connectivity index (χ0v) is 14.0. The van der Waals surface area contributed by atoms with E-state index in [1.165, 1.54) is 11.1 Å². The van der Waals surface area contributed by atoms with E-state index in [9.17, 15) is 4.79 Å². The lowest BCUT2D eigenvalue weighted by Crippen LogP contribution is -2.38. The Kier molecular flexibility index (Phi) is 3.75. The smallest absolute Gasteiger partial charge is 0.233 e. The summed E-state index contributed by atoms with van der Waals surface area (Å²) in [6.45, 7) is 0.856. The summed E-state index contributed by atoms with van der Waals surface area (Å²) < 4.78 is 0. The predicted molar refractivity (Wildman–Crippen MR) is 94.8 cm³/mol. The first-order valence-electron chi connectivity index (χ1n) is 8.75. The molecule has 2 aromatic rings. The molecule has 1 amide bonds. The van der Waals surface area contributed by atoms with Gasteiger partial charge >= 0.3 is 0 Å². The molecule has 1 saturated carbocycles. The van der Waals surface area contributed by atoms with Gasteiger partial charge < -0.3 is 10.2 Å². The Labute approximate surface area is 142 Å². The van der Waals surface area contributed by atoms with E-state index in [-0.39, 0.29) is 11.5 Å². The average Bonchev–Trinajstić information content (AvgIpc) is 3.32. The molecule has 1 aliphatic carbocycles. The topological polar surface area (TPSA) is 45.2 Å². The van der Waals surface area contributed by atoms with Crippen LogP contribution in [0.15, 0.2) is 48.7 Å². The normalized spacial score (nSPS) is 21.5. The van der Waals surface area contributed by atoms with Crippen molar-refractivity contribution in [3.05, 3.63) is 59.8 Å². The van der Waals surface area contributed by atoms with Gasteiger partial charge in [0, 0.05) is 19.8 Å². The molecule has 0 bridgehead atoms. The fraction of sp³-hybridized carbons (Fsp3) is 0.400. The van der Waals surface area contributed by atoms with Gasteiger partial charge in [0.2, 0.25) is 5.91 Å². The van der Waals surface area contributed by atoms with Crippen molar-refractivity contribution in [1.82, 2.24) is 9.88 Å². The Morgan fingerprint density at radius 3 is 2.75 bits per heavy atom. The first-order chi connectivity index (χ1) is 11.7. The summed E-state index contributed by atoms with van der Waals surface area (Å²) in [4.78, 5) is 19.8. The molecule has 1 aromatic heterocycles. The van der Waals surface area contributed by atoms with Crippen molar-refractivity contribution in [3.8, 4) is 0 Å². The van der Waals surface area contributed by atoms with Gasteiger partial charge in [0.05, 0.1) is 11.5 Å². The van der Waals surface area contributed by atoms with Crippen LogP contribution in [0.4, 0.5) is 5.82 Å². The molecule has 0 unspecified atom stereocenters. The van der Waals surface area contributed by atoms with Crippen molar-refractivity contribution >= 4 is 11.7 Å². The second-order valence-corrected chi connectivity index (χ2v) is 6.83. The van der Waals surface area contributed by atoms with Crippen molar-refractivity contribution in [3.63, 3.8) is 0 Å². The van der Waals surface area contributed by atoms with Crippen LogP contribution in [-0.2, 0) is 10.2 Å². The van der Waals surface area contributed by atoms with E-state index in [1.54, 1.807) is 0 Å². The van der Waals surface area contributed by atoms with Crippen molar-refractivity contribution in [1.29, 1.82) is 0 Å². The highest BCUT2D eigenvalue weighted by atomic mass is 16.2. The second-order valence-electron chi connectivity index (χ2n) is 6.83. The van der Waals surface area contributed by atoms with Gasteiger partial charge in [0.1, 0.15) is 5.82 Å². The Balaban J connectivity index is 1.62. The molecule has 1 N–H and O–H groups in total. The van der Waals surface area contributed by atoms with Crippen LogP contribution in [0.5, 0.6) is 0 Å². The highest BCUT2D eigenvalue weighted by molar-refractivity contribution is 5.91. The van der Waals surface area contributed by atoms with Gasteiger partial charge in [-0.15, -0.1) is 0 Å². The predicted octanol–water partition coefficient (Wildman–Crippen LogP) is 3.52. The standard InChI is InChI=1S/C20H23N3O/c1-21-18-14-15(9-12-22-18)17-8-5-13-23(17)19(24)20(10-11-20)16-6-3-2-4-7-16/h2-4,6-7,9,12,14,17H,5,8,10-11,13H2,1H3,(H,21,22)/t17-/m1/s1. The summed E-state index contributed by atoms with van der Waals surface area (Å²) in [5.74, 6) is 1.16.